The van der Waals surface area contributed by atoms with E-state index in [2.05, 4.69) is 12.1 Å². The van der Waals surface area contributed by atoms with Gasteiger partial charge in [0.25, 0.3) is 0 Å². The highest BCUT2D eigenvalue weighted by atomic mass is 32.2. The second-order valence-corrected chi connectivity index (χ2v) is 9.18. The van der Waals surface area contributed by atoms with Crippen LogP contribution in [0.1, 0.15) is 12.8 Å². The highest BCUT2D eigenvalue weighted by Crippen LogP contribution is 2.29. The molecule has 2 aromatic carbocycles. The summed E-state index contributed by atoms with van der Waals surface area (Å²) in [5, 5.41) is 0. The van der Waals surface area contributed by atoms with Crippen LogP contribution in [0.15, 0.2) is 64.4 Å². The van der Waals surface area contributed by atoms with Crippen LogP contribution in [0.2, 0.25) is 0 Å². The van der Waals surface area contributed by atoms with E-state index in [1.165, 1.54) is 4.90 Å². The van der Waals surface area contributed by atoms with Crippen molar-refractivity contribution in [1.82, 2.24) is 4.31 Å². The Morgan fingerprint density at radius 1 is 1.04 bits per heavy atom. The van der Waals surface area contributed by atoms with Gasteiger partial charge in [0.1, 0.15) is 5.75 Å². The number of hydrogen-bond donors (Lipinski definition) is 0. The van der Waals surface area contributed by atoms with Crippen molar-refractivity contribution in [2.45, 2.75) is 22.6 Å². The molecule has 6 heteroatoms. The third-order valence-corrected chi connectivity index (χ3v) is 7.66. The van der Waals surface area contributed by atoms with Crippen LogP contribution >= 0.6 is 11.8 Å². The van der Waals surface area contributed by atoms with Gasteiger partial charge in [-0.15, -0.1) is 11.8 Å². The lowest BCUT2D eigenvalue weighted by molar-refractivity contribution is 0.291. The zero-order valence-corrected chi connectivity index (χ0v) is 15.9. The molecule has 0 saturated carbocycles. The first-order valence-corrected chi connectivity index (χ1v) is 10.8. The van der Waals surface area contributed by atoms with Gasteiger partial charge in [-0.05, 0) is 55.2 Å². The van der Waals surface area contributed by atoms with Crippen molar-refractivity contribution < 1.29 is 13.2 Å². The summed E-state index contributed by atoms with van der Waals surface area (Å²) in [4.78, 5) is 1.61. The Morgan fingerprint density at radius 3 is 2.28 bits per heavy atom. The fourth-order valence-electron chi connectivity index (χ4n) is 2.94. The molecule has 0 amide bonds. The summed E-state index contributed by atoms with van der Waals surface area (Å²) in [6.07, 6.45) is 1.82. The molecule has 25 heavy (non-hydrogen) atoms. The number of benzene rings is 2. The van der Waals surface area contributed by atoms with E-state index in [0.717, 1.165) is 24.3 Å². The molecule has 1 fully saturated rings. The fraction of sp³-hybridized carbons (Fsp3) is 0.368. The molecular weight excluding hydrogens is 354 g/mol. The normalized spacial score (nSPS) is 16.7. The minimum Gasteiger partial charge on any atom is -0.497 e. The lowest BCUT2D eigenvalue weighted by Crippen LogP contribution is -2.38. The van der Waals surface area contributed by atoms with Crippen LogP contribution in [0, 0.1) is 5.92 Å². The maximum Gasteiger partial charge on any atom is 0.243 e. The highest BCUT2D eigenvalue weighted by Gasteiger charge is 2.29. The lowest BCUT2D eigenvalue weighted by atomic mass is 10.0. The summed E-state index contributed by atoms with van der Waals surface area (Å²) < 4.78 is 32.1. The number of nitrogens with zero attached hydrogens (tertiary/aromatic N) is 1. The van der Waals surface area contributed by atoms with Crippen LogP contribution in [-0.2, 0) is 10.0 Å². The van der Waals surface area contributed by atoms with E-state index in [-0.39, 0.29) is 0 Å². The minimum atomic E-state index is -3.35. The first-order valence-electron chi connectivity index (χ1n) is 8.41. The molecule has 0 atom stereocenters. The number of hydrogen-bond acceptors (Lipinski definition) is 4. The Balaban J connectivity index is 1.51. The molecule has 0 aliphatic carbocycles. The van der Waals surface area contributed by atoms with Gasteiger partial charge < -0.3 is 4.74 Å². The zero-order valence-electron chi connectivity index (χ0n) is 14.3. The Hall–Kier alpha value is -1.50. The molecular formula is C19H23NO3S2. The molecule has 4 nitrogen and oxygen atoms in total. The molecule has 2 aromatic rings. The molecule has 3 rings (SSSR count). The quantitative estimate of drug-likeness (QED) is 0.717. The summed E-state index contributed by atoms with van der Waals surface area (Å²) in [7, 11) is -1.68. The maximum absolute atomic E-state index is 12.6. The van der Waals surface area contributed by atoms with Crippen LogP contribution < -0.4 is 4.74 Å². The van der Waals surface area contributed by atoms with Crippen LogP contribution in [-0.4, -0.2) is 38.7 Å². The van der Waals surface area contributed by atoms with Gasteiger partial charge in [0.05, 0.1) is 12.0 Å². The summed E-state index contributed by atoms with van der Waals surface area (Å²) >= 11 is 1.83. The fourth-order valence-corrected chi connectivity index (χ4v) is 5.52. The second-order valence-electron chi connectivity index (χ2n) is 6.15. The predicted molar refractivity (Wildman–Crippen MR) is 102 cm³/mol. The van der Waals surface area contributed by atoms with Gasteiger partial charge in [-0.3, -0.25) is 0 Å². The highest BCUT2D eigenvalue weighted by molar-refractivity contribution is 7.99. The van der Waals surface area contributed by atoms with Crippen molar-refractivity contribution in [3.05, 3.63) is 54.6 Å². The van der Waals surface area contributed by atoms with Gasteiger partial charge in [0.15, 0.2) is 0 Å². The molecule has 0 N–H and O–H groups in total. The van der Waals surface area contributed by atoms with Crippen molar-refractivity contribution in [1.29, 1.82) is 0 Å². The lowest BCUT2D eigenvalue weighted by Gasteiger charge is -2.31. The Bertz CT molecular complexity index is 768. The van der Waals surface area contributed by atoms with E-state index >= 15 is 0 Å². The number of ether oxygens (including phenoxy) is 1. The van der Waals surface area contributed by atoms with Gasteiger partial charge in [-0.25, -0.2) is 8.42 Å². The van der Waals surface area contributed by atoms with Crippen LogP contribution in [0.4, 0.5) is 0 Å². The standard InChI is InChI=1S/C19H23NO3S2/c1-23-17-7-9-18(10-8-17)24-15-16-11-13-20(14-12-16)25(21,22)19-5-3-2-4-6-19/h2-10,16H,11-15H2,1H3. The molecule has 0 radical (unpaired) electrons. The molecule has 1 aliphatic heterocycles. The number of piperidine rings is 1. The van der Waals surface area contributed by atoms with Gasteiger partial charge in [0, 0.05) is 23.7 Å². The summed E-state index contributed by atoms with van der Waals surface area (Å²) in [6, 6.07) is 16.8. The summed E-state index contributed by atoms with van der Waals surface area (Å²) in [5.74, 6) is 2.43. The van der Waals surface area contributed by atoms with E-state index < -0.39 is 10.0 Å². The first-order chi connectivity index (χ1) is 12.1. The van der Waals surface area contributed by atoms with Crippen LogP contribution in [0.25, 0.3) is 0 Å². The Morgan fingerprint density at radius 2 is 1.68 bits per heavy atom. The first kappa shape index (κ1) is 18.3. The van der Waals surface area contributed by atoms with E-state index in [4.69, 9.17) is 4.74 Å². The third-order valence-electron chi connectivity index (χ3n) is 4.50. The molecule has 1 heterocycles. The molecule has 0 unspecified atom stereocenters. The summed E-state index contributed by atoms with van der Waals surface area (Å²) in [5.41, 5.74) is 0. The van der Waals surface area contributed by atoms with Gasteiger partial charge >= 0.3 is 0 Å². The molecule has 1 aliphatic rings. The Kier molecular flexibility index (Phi) is 6.04. The van der Waals surface area contributed by atoms with Gasteiger partial charge in [-0.2, -0.15) is 4.31 Å². The molecule has 0 aromatic heterocycles. The van der Waals surface area contributed by atoms with E-state index in [9.17, 15) is 8.42 Å². The van der Waals surface area contributed by atoms with Gasteiger partial charge in [-0.1, -0.05) is 18.2 Å². The van der Waals surface area contributed by atoms with Crippen LogP contribution in [0.3, 0.4) is 0 Å². The molecule has 0 bridgehead atoms. The van der Waals surface area contributed by atoms with Crippen molar-refractivity contribution in [2.24, 2.45) is 5.92 Å². The number of sulfonamides is 1. The summed E-state index contributed by atoms with van der Waals surface area (Å²) in [6.45, 7) is 1.20. The average Bonchev–Trinajstić information content (AvgIpc) is 2.68. The largest absolute Gasteiger partial charge is 0.497 e. The molecule has 1 saturated heterocycles. The van der Waals surface area contributed by atoms with E-state index in [0.29, 0.717) is 23.9 Å². The van der Waals surface area contributed by atoms with E-state index in [1.54, 1.807) is 35.7 Å². The maximum atomic E-state index is 12.6. The van der Waals surface area contributed by atoms with Crippen molar-refractivity contribution in [3.8, 4) is 5.75 Å². The average molecular weight is 378 g/mol. The Labute approximate surface area is 154 Å². The van der Waals surface area contributed by atoms with Gasteiger partial charge in [0.2, 0.25) is 10.0 Å². The SMILES string of the molecule is COc1ccc(SCC2CCN(S(=O)(=O)c3ccccc3)CC2)cc1. The zero-order chi connectivity index (χ0) is 17.7. The minimum absolute atomic E-state index is 0.390. The third kappa shape index (κ3) is 4.57. The number of methoxy groups -OCH3 is 1. The second kappa shape index (κ2) is 8.25. The van der Waals surface area contributed by atoms with E-state index in [1.807, 2.05) is 30.0 Å². The molecule has 134 valence electrons. The monoisotopic (exact) mass is 377 g/mol. The van der Waals surface area contributed by atoms with Crippen molar-refractivity contribution in [2.75, 3.05) is 26.0 Å². The number of thioether (sulfide) groups is 1. The molecule has 0 spiro atoms. The smallest absolute Gasteiger partial charge is 0.243 e. The topological polar surface area (TPSA) is 46.6 Å². The predicted octanol–water partition coefficient (Wildman–Crippen LogP) is 3.89. The van der Waals surface area contributed by atoms with Crippen LogP contribution in [0.5, 0.6) is 5.75 Å². The van der Waals surface area contributed by atoms with Crippen molar-refractivity contribution in [3.63, 3.8) is 0 Å². The van der Waals surface area contributed by atoms with Crippen molar-refractivity contribution >= 4 is 21.8 Å². The number of rotatable bonds is 6.